The van der Waals surface area contributed by atoms with Crippen LogP contribution in [0.3, 0.4) is 0 Å². The summed E-state index contributed by atoms with van der Waals surface area (Å²) >= 11 is 0. The van der Waals surface area contributed by atoms with Crippen molar-refractivity contribution in [1.29, 1.82) is 0 Å². The molecule has 1 aromatic heterocycles. The van der Waals surface area contributed by atoms with Gasteiger partial charge in [-0.25, -0.2) is 0 Å². The molecule has 174 valence electrons. The monoisotopic (exact) mass is 449 g/mol. The van der Waals surface area contributed by atoms with Crippen LogP contribution in [0.4, 0.5) is 5.69 Å². The van der Waals surface area contributed by atoms with E-state index in [0.717, 1.165) is 17.9 Å². The smallest absolute Gasteiger partial charge is 0.247 e. The number of piperazine rings is 1. The van der Waals surface area contributed by atoms with Gasteiger partial charge in [0.05, 0.1) is 18.4 Å². The highest BCUT2D eigenvalue weighted by molar-refractivity contribution is 6.01. The largest absolute Gasteiger partial charge is 0.347 e. The van der Waals surface area contributed by atoms with E-state index < -0.39 is 5.54 Å². The number of rotatable bonds is 5. The van der Waals surface area contributed by atoms with Crippen LogP contribution < -0.4 is 10.2 Å². The second-order valence-corrected chi connectivity index (χ2v) is 8.84. The van der Waals surface area contributed by atoms with Crippen molar-refractivity contribution >= 4 is 23.4 Å². The maximum atomic E-state index is 14.0. The van der Waals surface area contributed by atoms with Gasteiger partial charge < -0.3 is 15.1 Å². The molecule has 0 aliphatic carbocycles. The Kier molecular flexibility index (Phi) is 6.74. The molecule has 0 saturated carbocycles. The third-order valence-corrected chi connectivity index (χ3v) is 6.70. The van der Waals surface area contributed by atoms with Crippen molar-refractivity contribution in [2.45, 2.75) is 38.8 Å². The molecule has 2 fully saturated rings. The first-order valence-electron chi connectivity index (χ1n) is 11.4. The van der Waals surface area contributed by atoms with Gasteiger partial charge in [-0.3, -0.25) is 24.3 Å². The quantitative estimate of drug-likeness (QED) is 0.752. The van der Waals surface area contributed by atoms with Gasteiger partial charge in [-0.2, -0.15) is 0 Å². The molecule has 0 atom stereocenters. The zero-order valence-corrected chi connectivity index (χ0v) is 19.3. The average molecular weight is 450 g/mol. The molecule has 1 spiro atoms. The summed E-state index contributed by atoms with van der Waals surface area (Å²) in [4.78, 5) is 48.0. The zero-order chi connectivity index (χ0) is 23.4. The Morgan fingerprint density at radius 2 is 1.76 bits per heavy atom. The van der Waals surface area contributed by atoms with Crippen molar-refractivity contribution in [3.63, 3.8) is 0 Å². The average Bonchev–Trinajstić information content (AvgIpc) is 2.83. The topological polar surface area (TPSA) is 85.8 Å². The van der Waals surface area contributed by atoms with Crippen LogP contribution in [0.5, 0.6) is 0 Å². The Morgan fingerprint density at radius 3 is 2.39 bits per heavy atom. The van der Waals surface area contributed by atoms with Crippen LogP contribution in [0.15, 0.2) is 48.7 Å². The number of aryl methyl sites for hydroxylation is 1. The fourth-order valence-electron chi connectivity index (χ4n) is 4.79. The summed E-state index contributed by atoms with van der Waals surface area (Å²) < 4.78 is 0. The van der Waals surface area contributed by atoms with Crippen molar-refractivity contribution in [3.05, 3.63) is 59.9 Å². The number of likely N-dealkylation sites (tertiary alicyclic amines) is 1. The summed E-state index contributed by atoms with van der Waals surface area (Å²) in [7, 11) is 0. The van der Waals surface area contributed by atoms with E-state index in [0.29, 0.717) is 39.0 Å². The number of benzene rings is 1. The van der Waals surface area contributed by atoms with Crippen LogP contribution in [0.25, 0.3) is 0 Å². The van der Waals surface area contributed by atoms with Crippen molar-refractivity contribution in [2.24, 2.45) is 0 Å². The number of piperidine rings is 1. The molecule has 8 heteroatoms. The van der Waals surface area contributed by atoms with Gasteiger partial charge in [-0.05, 0) is 37.5 Å². The van der Waals surface area contributed by atoms with Gasteiger partial charge in [0.2, 0.25) is 17.7 Å². The summed E-state index contributed by atoms with van der Waals surface area (Å²) in [6.45, 7) is 6.31. The van der Waals surface area contributed by atoms with Crippen LogP contribution in [0.2, 0.25) is 0 Å². The van der Waals surface area contributed by atoms with Crippen molar-refractivity contribution in [1.82, 2.24) is 20.1 Å². The minimum Gasteiger partial charge on any atom is -0.347 e. The maximum absolute atomic E-state index is 14.0. The van der Waals surface area contributed by atoms with Gasteiger partial charge in [-0.15, -0.1) is 0 Å². The van der Waals surface area contributed by atoms with Gasteiger partial charge in [0.15, 0.2) is 0 Å². The number of nitrogens with zero attached hydrogens (tertiary/aromatic N) is 4. The number of nitrogens with one attached hydrogen (secondary N) is 1. The lowest BCUT2D eigenvalue weighted by Gasteiger charge is -2.52. The van der Waals surface area contributed by atoms with E-state index in [1.54, 1.807) is 11.1 Å². The molecule has 1 aromatic carbocycles. The standard InChI is InChI=1S/C25H31N5O3/c1-19-8-9-22(16-26-19)30-15-14-29(18-21-6-4-3-5-7-21)25(24(30)33)10-12-28(13-11-25)23(32)17-27-20(2)31/h3-9,16H,10-15,17-18H2,1-2H3,(H,27,31). The van der Waals surface area contributed by atoms with Gasteiger partial charge >= 0.3 is 0 Å². The first-order chi connectivity index (χ1) is 15.9. The molecule has 3 amide bonds. The van der Waals surface area contributed by atoms with Crippen molar-refractivity contribution in [2.75, 3.05) is 37.6 Å². The van der Waals surface area contributed by atoms with E-state index in [-0.39, 0.29) is 24.3 Å². The SMILES string of the molecule is CC(=O)NCC(=O)N1CCC2(CC1)C(=O)N(c1ccc(C)nc1)CCN2Cc1ccccc1. The molecule has 3 heterocycles. The summed E-state index contributed by atoms with van der Waals surface area (Å²) in [6, 6.07) is 14.1. The second kappa shape index (κ2) is 9.70. The third kappa shape index (κ3) is 4.90. The number of amides is 3. The van der Waals surface area contributed by atoms with Crippen LogP contribution in [0, 0.1) is 6.92 Å². The van der Waals surface area contributed by atoms with Crippen LogP contribution in [0.1, 0.15) is 31.0 Å². The Bertz CT molecular complexity index is 1000. The summed E-state index contributed by atoms with van der Waals surface area (Å²) in [5, 5.41) is 2.57. The van der Waals surface area contributed by atoms with Gasteiger partial charge in [0, 0.05) is 45.3 Å². The fourth-order valence-corrected chi connectivity index (χ4v) is 4.79. The number of aromatic nitrogens is 1. The normalized spacial score (nSPS) is 18.4. The summed E-state index contributed by atoms with van der Waals surface area (Å²) in [5.41, 5.74) is 2.21. The molecule has 2 aromatic rings. The Labute approximate surface area is 194 Å². The highest BCUT2D eigenvalue weighted by atomic mass is 16.2. The third-order valence-electron chi connectivity index (χ3n) is 6.70. The number of carbonyl (C=O) groups excluding carboxylic acids is 3. The lowest BCUT2D eigenvalue weighted by atomic mass is 9.81. The first-order valence-corrected chi connectivity index (χ1v) is 11.4. The maximum Gasteiger partial charge on any atom is 0.247 e. The van der Waals surface area contributed by atoms with E-state index in [4.69, 9.17) is 0 Å². The molecule has 4 rings (SSSR count). The highest BCUT2D eigenvalue weighted by Gasteiger charge is 2.51. The Balaban J connectivity index is 1.56. The first kappa shape index (κ1) is 22.9. The molecule has 0 radical (unpaired) electrons. The van der Waals surface area contributed by atoms with E-state index in [1.807, 2.05) is 42.2 Å². The predicted molar refractivity (Wildman–Crippen MR) is 125 cm³/mol. The lowest BCUT2D eigenvalue weighted by Crippen LogP contribution is -2.69. The minimum absolute atomic E-state index is 0.00876. The van der Waals surface area contributed by atoms with Gasteiger partial charge in [0.25, 0.3) is 0 Å². The van der Waals surface area contributed by atoms with E-state index in [1.165, 1.54) is 12.5 Å². The molecule has 8 nitrogen and oxygen atoms in total. The highest BCUT2D eigenvalue weighted by Crippen LogP contribution is 2.36. The Morgan fingerprint density at radius 1 is 1.03 bits per heavy atom. The lowest BCUT2D eigenvalue weighted by molar-refractivity contribution is -0.144. The van der Waals surface area contributed by atoms with Gasteiger partial charge in [0.1, 0.15) is 5.54 Å². The molecular weight excluding hydrogens is 418 g/mol. The van der Waals surface area contributed by atoms with Crippen LogP contribution >= 0.6 is 0 Å². The van der Waals surface area contributed by atoms with Crippen molar-refractivity contribution in [3.8, 4) is 0 Å². The van der Waals surface area contributed by atoms with Crippen LogP contribution in [-0.4, -0.2) is 70.8 Å². The molecule has 2 aliphatic rings. The molecule has 0 unspecified atom stereocenters. The fraction of sp³-hybridized carbons (Fsp3) is 0.440. The van der Waals surface area contributed by atoms with Crippen LogP contribution in [-0.2, 0) is 20.9 Å². The number of hydrogen-bond acceptors (Lipinski definition) is 5. The number of anilines is 1. The van der Waals surface area contributed by atoms with E-state index in [2.05, 4.69) is 27.3 Å². The van der Waals surface area contributed by atoms with Crippen molar-refractivity contribution < 1.29 is 14.4 Å². The predicted octanol–water partition coefficient (Wildman–Crippen LogP) is 1.74. The molecule has 33 heavy (non-hydrogen) atoms. The summed E-state index contributed by atoms with van der Waals surface area (Å²) in [5.74, 6) is -0.266. The molecule has 2 aliphatic heterocycles. The number of hydrogen-bond donors (Lipinski definition) is 1. The minimum atomic E-state index is -0.677. The zero-order valence-electron chi connectivity index (χ0n) is 19.3. The summed E-state index contributed by atoms with van der Waals surface area (Å²) in [6.07, 6.45) is 2.88. The molecule has 0 bridgehead atoms. The second-order valence-electron chi connectivity index (χ2n) is 8.84. The molecule has 1 N–H and O–H groups in total. The molecular formula is C25H31N5O3. The number of pyridine rings is 1. The van der Waals surface area contributed by atoms with E-state index >= 15 is 0 Å². The Hall–Kier alpha value is -3.26. The van der Waals surface area contributed by atoms with Gasteiger partial charge in [-0.1, -0.05) is 30.3 Å². The van der Waals surface area contributed by atoms with E-state index in [9.17, 15) is 14.4 Å². The molecule has 2 saturated heterocycles. The number of carbonyl (C=O) groups is 3.